The van der Waals surface area contributed by atoms with E-state index in [1.807, 2.05) is 65.6 Å². The Bertz CT molecular complexity index is 1660. The average Bonchev–Trinajstić information content (AvgIpc) is 3.41. The molecule has 2 heterocycles. The average molecular weight is 644 g/mol. The summed E-state index contributed by atoms with van der Waals surface area (Å²) in [5, 5.41) is 10.1. The molecule has 4 aromatic rings. The number of nitrogens with two attached hydrogens (primary N) is 1. The molecule has 0 aliphatic carbocycles. The van der Waals surface area contributed by atoms with Crippen LogP contribution < -0.4 is 11.1 Å². The van der Waals surface area contributed by atoms with Crippen molar-refractivity contribution in [1.29, 1.82) is 0 Å². The third kappa shape index (κ3) is 8.19. The Balaban J connectivity index is 0.000000591. The first-order valence-electron chi connectivity index (χ1n) is 13.6. The summed E-state index contributed by atoms with van der Waals surface area (Å²) in [5.74, 6) is -2.18. The highest BCUT2D eigenvalue weighted by molar-refractivity contribution is 6.31. The molecule has 1 atom stereocenters. The summed E-state index contributed by atoms with van der Waals surface area (Å²) < 4.78 is 36.4. The molecular weight excluding hydrogens is 615 g/mol. The Kier molecular flexibility index (Phi) is 10.5. The van der Waals surface area contributed by atoms with Crippen molar-refractivity contribution >= 4 is 35.3 Å². The van der Waals surface area contributed by atoms with Crippen molar-refractivity contribution in [3.8, 4) is 11.3 Å². The number of imidazole rings is 1. The van der Waals surface area contributed by atoms with Crippen LogP contribution in [0, 0.1) is 0 Å². The number of carboxylic acids is 1. The molecule has 14 heteroatoms. The summed E-state index contributed by atoms with van der Waals surface area (Å²) in [4.78, 5) is 44.1. The number of alkyl halides is 3. The van der Waals surface area contributed by atoms with Crippen LogP contribution in [0.5, 0.6) is 0 Å². The lowest BCUT2D eigenvalue weighted by molar-refractivity contribution is -0.192. The first kappa shape index (κ1) is 33.0. The van der Waals surface area contributed by atoms with Crippen LogP contribution in [0.25, 0.3) is 11.3 Å². The van der Waals surface area contributed by atoms with Gasteiger partial charge in [0.15, 0.2) is 0 Å². The van der Waals surface area contributed by atoms with Crippen molar-refractivity contribution < 1.29 is 37.4 Å². The van der Waals surface area contributed by atoms with Crippen molar-refractivity contribution in [2.45, 2.75) is 31.6 Å². The van der Waals surface area contributed by atoms with Crippen molar-refractivity contribution in [2.24, 2.45) is 5.73 Å². The van der Waals surface area contributed by atoms with E-state index in [1.165, 1.54) is 7.11 Å². The zero-order valence-electron chi connectivity index (χ0n) is 23.9. The second-order valence-corrected chi connectivity index (χ2v) is 10.3. The number of hydrogen-bond acceptors (Lipinski definition) is 6. The predicted molar refractivity (Wildman–Crippen MR) is 161 cm³/mol. The monoisotopic (exact) mass is 643 g/mol. The topological polar surface area (TPSA) is 151 Å². The normalized spacial score (nSPS) is 13.3. The van der Waals surface area contributed by atoms with Crippen LogP contribution in [-0.2, 0) is 28.9 Å². The molecule has 5 rings (SSSR count). The van der Waals surface area contributed by atoms with Crippen molar-refractivity contribution in [1.82, 2.24) is 14.9 Å². The molecule has 45 heavy (non-hydrogen) atoms. The number of rotatable bonds is 7. The smallest absolute Gasteiger partial charge is 0.475 e. The number of halogens is 4. The van der Waals surface area contributed by atoms with Crippen LogP contribution in [0.15, 0.2) is 72.8 Å². The molecule has 3 aromatic carbocycles. The molecule has 1 aliphatic rings. The largest absolute Gasteiger partial charge is 0.490 e. The van der Waals surface area contributed by atoms with E-state index >= 15 is 0 Å². The zero-order chi connectivity index (χ0) is 32.7. The Morgan fingerprint density at radius 2 is 1.78 bits per heavy atom. The molecule has 0 fully saturated rings. The summed E-state index contributed by atoms with van der Waals surface area (Å²) in [7, 11) is 1.31. The third-order valence-electron chi connectivity index (χ3n) is 6.99. The van der Waals surface area contributed by atoms with Gasteiger partial charge >= 0.3 is 18.2 Å². The van der Waals surface area contributed by atoms with Gasteiger partial charge in [0, 0.05) is 36.3 Å². The lowest BCUT2D eigenvalue weighted by atomic mass is 9.94. The molecule has 0 spiro atoms. The van der Waals surface area contributed by atoms with Gasteiger partial charge in [-0.25, -0.2) is 14.6 Å². The number of anilines is 1. The number of carboxylic acid groups (broad SMARTS) is 1. The minimum absolute atomic E-state index is 0.0388. The Hall–Kier alpha value is -4.88. The SMILES string of the molecule is COC(=O)Nc1ccc(-c2nc([C@H](Cc3ccccc3)N3CCc4cc(CN)ccc4C3=O)[nH]c2Cl)cc1.O=C(O)C(F)(F)F. The van der Waals surface area contributed by atoms with Crippen LogP contribution in [-0.4, -0.2) is 57.8 Å². The van der Waals surface area contributed by atoms with Gasteiger partial charge in [-0.1, -0.05) is 66.2 Å². The summed E-state index contributed by atoms with van der Waals surface area (Å²) in [5.41, 5.74) is 11.6. The van der Waals surface area contributed by atoms with Crippen molar-refractivity contribution in [3.63, 3.8) is 0 Å². The van der Waals surface area contributed by atoms with Crippen molar-refractivity contribution in [2.75, 3.05) is 19.0 Å². The van der Waals surface area contributed by atoms with Crippen LogP contribution in [0.1, 0.15) is 38.9 Å². The van der Waals surface area contributed by atoms with Gasteiger partial charge in [-0.2, -0.15) is 13.2 Å². The maximum Gasteiger partial charge on any atom is 0.490 e. The summed E-state index contributed by atoms with van der Waals surface area (Å²) in [6, 6.07) is 22.6. The molecule has 2 amide bonds. The van der Waals surface area contributed by atoms with E-state index in [4.69, 9.17) is 32.2 Å². The number of aliphatic carboxylic acids is 1. The molecular formula is C31H29ClF3N5O5. The van der Waals surface area contributed by atoms with Gasteiger partial charge in [0.1, 0.15) is 16.7 Å². The fourth-order valence-electron chi connectivity index (χ4n) is 4.77. The molecule has 1 aromatic heterocycles. The van der Waals surface area contributed by atoms with Gasteiger partial charge in [0.25, 0.3) is 5.91 Å². The van der Waals surface area contributed by atoms with E-state index in [1.54, 1.807) is 12.1 Å². The molecule has 1 aliphatic heterocycles. The van der Waals surface area contributed by atoms with Crippen LogP contribution in [0.2, 0.25) is 5.15 Å². The second-order valence-electron chi connectivity index (χ2n) is 9.93. The second kappa shape index (κ2) is 14.3. The molecule has 0 bridgehead atoms. The van der Waals surface area contributed by atoms with Crippen LogP contribution in [0.4, 0.5) is 23.7 Å². The number of fused-ring (bicyclic) bond motifs is 1. The van der Waals surface area contributed by atoms with Crippen LogP contribution in [0.3, 0.4) is 0 Å². The lowest BCUT2D eigenvalue weighted by Crippen LogP contribution is -2.41. The molecule has 0 saturated carbocycles. The number of methoxy groups -OCH3 is 1. The molecule has 0 unspecified atom stereocenters. The number of amides is 2. The number of ether oxygens (including phenoxy) is 1. The predicted octanol–water partition coefficient (Wildman–Crippen LogP) is 5.98. The maximum atomic E-state index is 13.7. The highest BCUT2D eigenvalue weighted by atomic mass is 35.5. The van der Waals surface area contributed by atoms with Gasteiger partial charge in [0.2, 0.25) is 0 Å². The fourth-order valence-corrected chi connectivity index (χ4v) is 5.02. The number of hydrogen-bond donors (Lipinski definition) is 4. The Morgan fingerprint density at radius 1 is 1.11 bits per heavy atom. The minimum atomic E-state index is -5.08. The summed E-state index contributed by atoms with van der Waals surface area (Å²) >= 11 is 6.64. The molecule has 10 nitrogen and oxygen atoms in total. The molecule has 5 N–H and O–H groups in total. The van der Waals surface area contributed by atoms with Gasteiger partial charge < -0.3 is 25.5 Å². The number of nitrogens with one attached hydrogen (secondary N) is 2. The third-order valence-corrected chi connectivity index (χ3v) is 7.27. The van der Waals surface area contributed by atoms with E-state index in [0.717, 1.165) is 28.7 Å². The maximum absolute atomic E-state index is 13.7. The fraction of sp³-hybridized carbons (Fsp3) is 0.226. The number of carbonyl (C=O) groups is 3. The summed E-state index contributed by atoms with van der Waals surface area (Å²) in [6.07, 6.45) is -4.32. The Morgan fingerprint density at radius 3 is 2.38 bits per heavy atom. The number of nitrogens with zero attached hydrogens (tertiary/aromatic N) is 2. The molecule has 236 valence electrons. The van der Waals surface area contributed by atoms with Gasteiger partial charge in [-0.15, -0.1) is 0 Å². The van der Waals surface area contributed by atoms with E-state index in [-0.39, 0.29) is 11.9 Å². The van der Waals surface area contributed by atoms with Gasteiger partial charge in [-0.3, -0.25) is 10.1 Å². The Labute approximate surface area is 261 Å². The number of benzene rings is 3. The van der Waals surface area contributed by atoms with Gasteiger partial charge in [0.05, 0.1) is 13.2 Å². The first-order chi connectivity index (χ1) is 21.4. The van der Waals surface area contributed by atoms with Crippen LogP contribution >= 0.6 is 11.6 Å². The molecule has 0 radical (unpaired) electrons. The minimum Gasteiger partial charge on any atom is -0.475 e. The number of H-pyrrole nitrogens is 1. The number of carbonyl (C=O) groups excluding carboxylic acids is 2. The van der Waals surface area contributed by atoms with Gasteiger partial charge in [-0.05, 0) is 41.3 Å². The van der Waals surface area contributed by atoms with E-state index in [0.29, 0.717) is 47.4 Å². The summed E-state index contributed by atoms with van der Waals surface area (Å²) in [6.45, 7) is 0.994. The number of aromatic nitrogens is 2. The molecule has 0 saturated heterocycles. The zero-order valence-corrected chi connectivity index (χ0v) is 24.7. The highest BCUT2D eigenvalue weighted by Gasteiger charge is 2.38. The van der Waals surface area contributed by atoms with E-state index in [9.17, 15) is 22.8 Å². The van der Waals surface area contributed by atoms with E-state index in [2.05, 4.69) is 15.0 Å². The quantitative estimate of drug-likeness (QED) is 0.193. The lowest BCUT2D eigenvalue weighted by Gasteiger charge is -2.35. The van der Waals surface area contributed by atoms with E-state index < -0.39 is 18.2 Å². The highest BCUT2D eigenvalue weighted by Crippen LogP contribution is 2.34. The van der Waals surface area contributed by atoms with Crippen molar-refractivity contribution in [3.05, 3.63) is 106 Å². The first-order valence-corrected chi connectivity index (χ1v) is 14.0. The number of aromatic amines is 1. The standard InChI is InChI=1S/C29H28ClN5O3.C2HF3O2/c1-38-29(37)32-22-10-8-20(9-11-22)25-26(30)34-27(33-25)24(16-18-5-3-2-4-6-18)35-14-13-21-15-19(17-31)7-12-23(21)28(35)36;3-2(4,5)1(6)7/h2-12,15,24H,13-14,16-17,31H2,1H3,(H,32,37)(H,33,34);(H,6,7)/t24-;/m0./s1.